The standard InChI is InChI=1S/C13H17NO/c1-4-6-10-8-9(3)13(15)12(14)11(10)7-5-2/h4-8,15H,14H2,1-3H3/b6-4-,7-5-. The number of hydrogen-bond acceptors (Lipinski definition) is 2. The number of benzene rings is 1. The Kier molecular flexibility index (Phi) is 3.56. The lowest BCUT2D eigenvalue weighted by Gasteiger charge is -2.10. The van der Waals surface area contributed by atoms with Gasteiger partial charge in [-0.15, -0.1) is 0 Å². The Balaban J connectivity index is 3.50. The normalized spacial score (nSPS) is 11.7. The largest absolute Gasteiger partial charge is 0.505 e. The molecule has 0 aromatic heterocycles. The van der Waals surface area contributed by atoms with E-state index in [4.69, 9.17) is 5.73 Å². The number of nitrogen functional groups attached to an aromatic ring is 1. The molecule has 0 saturated carbocycles. The van der Waals surface area contributed by atoms with Gasteiger partial charge in [0.1, 0.15) is 5.75 Å². The average molecular weight is 203 g/mol. The first-order valence-corrected chi connectivity index (χ1v) is 4.99. The maximum atomic E-state index is 9.72. The quantitative estimate of drug-likeness (QED) is 0.572. The molecule has 0 radical (unpaired) electrons. The number of phenols is 1. The molecule has 0 saturated heterocycles. The summed E-state index contributed by atoms with van der Waals surface area (Å²) in [6.07, 6.45) is 7.76. The van der Waals surface area contributed by atoms with Crippen molar-refractivity contribution in [2.75, 3.05) is 5.73 Å². The van der Waals surface area contributed by atoms with Gasteiger partial charge in [-0.05, 0) is 38.0 Å². The van der Waals surface area contributed by atoms with Crippen LogP contribution in [0.3, 0.4) is 0 Å². The molecule has 3 N–H and O–H groups in total. The average Bonchev–Trinajstić information content (AvgIpc) is 2.21. The smallest absolute Gasteiger partial charge is 0.142 e. The zero-order chi connectivity index (χ0) is 11.4. The molecule has 0 atom stereocenters. The molecule has 0 bridgehead atoms. The molecular formula is C13H17NO. The first-order valence-electron chi connectivity index (χ1n) is 4.99. The summed E-state index contributed by atoms with van der Waals surface area (Å²) in [4.78, 5) is 0. The summed E-state index contributed by atoms with van der Waals surface area (Å²) in [6.45, 7) is 5.73. The molecule has 0 fully saturated rings. The van der Waals surface area contributed by atoms with E-state index < -0.39 is 0 Å². The Morgan fingerprint density at radius 2 is 1.80 bits per heavy atom. The van der Waals surface area contributed by atoms with Gasteiger partial charge < -0.3 is 10.8 Å². The van der Waals surface area contributed by atoms with Gasteiger partial charge in [-0.1, -0.05) is 24.3 Å². The summed E-state index contributed by atoms with van der Waals surface area (Å²) in [6, 6.07) is 1.93. The number of hydrogen-bond donors (Lipinski definition) is 2. The lowest BCUT2D eigenvalue weighted by atomic mass is 10.00. The van der Waals surface area contributed by atoms with Crippen LogP contribution in [0.2, 0.25) is 0 Å². The summed E-state index contributed by atoms with van der Waals surface area (Å²) >= 11 is 0. The van der Waals surface area contributed by atoms with Crippen LogP contribution >= 0.6 is 0 Å². The summed E-state index contributed by atoms with van der Waals surface area (Å²) < 4.78 is 0. The van der Waals surface area contributed by atoms with E-state index in [2.05, 4.69) is 0 Å². The molecule has 2 heteroatoms. The highest BCUT2D eigenvalue weighted by atomic mass is 16.3. The van der Waals surface area contributed by atoms with Gasteiger partial charge in [0.25, 0.3) is 0 Å². The highest BCUT2D eigenvalue weighted by molar-refractivity contribution is 5.79. The Morgan fingerprint density at radius 1 is 1.20 bits per heavy atom. The minimum Gasteiger partial charge on any atom is -0.505 e. The van der Waals surface area contributed by atoms with Crippen LogP contribution in [0.5, 0.6) is 5.75 Å². The van der Waals surface area contributed by atoms with Gasteiger partial charge in [0.15, 0.2) is 0 Å². The Morgan fingerprint density at radius 3 is 2.33 bits per heavy atom. The van der Waals surface area contributed by atoms with Crippen LogP contribution in [-0.2, 0) is 0 Å². The maximum Gasteiger partial charge on any atom is 0.142 e. The summed E-state index contributed by atoms with van der Waals surface area (Å²) in [5.74, 6) is 0.177. The van der Waals surface area contributed by atoms with E-state index in [-0.39, 0.29) is 5.75 Å². The minimum absolute atomic E-state index is 0.177. The molecule has 0 aliphatic heterocycles. The number of phenolic OH excluding ortho intramolecular Hbond substituents is 1. The Hall–Kier alpha value is -1.70. The number of anilines is 1. The third-order valence-corrected chi connectivity index (χ3v) is 2.28. The molecule has 1 aromatic rings. The van der Waals surface area contributed by atoms with Gasteiger partial charge in [-0.2, -0.15) is 0 Å². The van der Waals surface area contributed by atoms with Crippen LogP contribution in [0.15, 0.2) is 18.2 Å². The SMILES string of the molecule is C/C=C\c1cc(C)c(O)c(N)c1/C=C\C. The molecule has 0 aliphatic rings. The Bertz CT molecular complexity index is 417. The fourth-order valence-electron chi connectivity index (χ4n) is 1.54. The van der Waals surface area contributed by atoms with Gasteiger partial charge in [0.05, 0.1) is 5.69 Å². The molecule has 0 heterocycles. The lowest BCUT2D eigenvalue weighted by Crippen LogP contribution is -1.95. The van der Waals surface area contributed by atoms with E-state index in [1.54, 1.807) is 0 Å². The van der Waals surface area contributed by atoms with Crippen LogP contribution in [-0.4, -0.2) is 5.11 Å². The third kappa shape index (κ3) is 2.21. The zero-order valence-electron chi connectivity index (χ0n) is 9.41. The molecule has 0 unspecified atom stereocenters. The van der Waals surface area contributed by atoms with Gasteiger partial charge in [0.2, 0.25) is 0 Å². The van der Waals surface area contributed by atoms with Crippen molar-refractivity contribution in [2.45, 2.75) is 20.8 Å². The topological polar surface area (TPSA) is 46.2 Å². The van der Waals surface area contributed by atoms with Crippen LogP contribution in [0.1, 0.15) is 30.5 Å². The van der Waals surface area contributed by atoms with E-state index in [0.717, 1.165) is 16.7 Å². The van der Waals surface area contributed by atoms with Gasteiger partial charge >= 0.3 is 0 Å². The van der Waals surface area contributed by atoms with Crippen molar-refractivity contribution >= 4 is 17.8 Å². The number of aryl methyl sites for hydroxylation is 1. The Labute approximate surface area is 90.7 Å². The van der Waals surface area contributed by atoms with Crippen molar-refractivity contribution in [3.05, 3.63) is 34.9 Å². The number of nitrogens with two attached hydrogens (primary N) is 1. The van der Waals surface area contributed by atoms with Crippen molar-refractivity contribution < 1.29 is 5.11 Å². The molecular weight excluding hydrogens is 186 g/mol. The van der Waals surface area contributed by atoms with Gasteiger partial charge in [-0.3, -0.25) is 0 Å². The second kappa shape index (κ2) is 4.69. The fraction of sp³-hybridized carbons (Fsp3) is 0.231. The van der Waals surface area contributed by atoms with Crippen LogP contribution in [0, 0.1) is 6.92 Å². The van der Waals surface area contributed by atoms with Gasteiger partial charge in [-0.25, -0.2) is 0 Å². The third-order valence-electron chi connectivity index (χ3n) is 2.28. The van der Waals surface area contributed by atoms with Crippen molar-refractivity contribution in [1.82, 2.24) is 0 Å². The molecule has 1 rings (SSSR count). The molecule has 2 nitrogen and oxygen atoms in total. The minimum atomic E-state index is 0.177. The van der Waals surface area contributed by atoms with E-state index in [9.17, 15) is 5.11 Å². The zero-order valence-corrected chi connectivity index (χ0v) is 9.41. The molecule has 1 aromatic carbocycles. The van der Waals surface area contributed by atoms with Crippen LogP contribution < -0.4 is 5.73 Å². The van der Waals surface area contributed by atoms with Crippen molar-refractivity contribution in [1.29, 1.82) is 0 Å². The number of aromatic hydroxyl groups is 1. The van der Waals surface area contributed by atoms with E-state index >= 15 is 0 Å². The van der Waals surface area contributed by atoms with Gasteiger partial charge in [0, 0.05) is 5.56 Å². The summed E-state index contributed by atoms with van der Waals surface area (Å²) in [5, 5.41) is 9.72. The first-order chi connectivity index (χ1) is 7.11. The van der Waals surface area contributed by atoms with E-state index in [1.807, 2.05) is 51.1 Å². The summed E-state index contributed by atoms with van der Waals surface area (Å²) in [7, 11) is 0. The van der Waals surface area contributed by atoms with E-state index in [0.29, 0.717) is 5.69 Å². The number of rotatable bonds is 2. The maximum absolute atomic E-state index is 9.72. The van der Waals surface area contributed by atoms with E-state index in [1.165, 1.54) is 0 Å². The second-order valence-corrected chi connectivity index (χ2v) is 3.46. The lowest BCUT2D eigenvalue weighted by molar-refractivity contribution is 0.473. The van der Waals surface area contributed by atoms with Crippen LogP contribution in [0.4, 0.5) is 5.69 Å². The molecule has 80 valence electrons. The molecule has 0 spiro atoms. The predicted octanol–water partition coefficient (Wildman–Crippen LogP) is 3.35. The van der Waals surface area contributed by atoms with Crippen LogP contribution in [0.25, 0.3) is 12.2 Å². The van der Waals surface area contributed by atoms with Crippen molar-refractivity contribution in [2.24, 2.45) is 0 Å². The monoisotopic (exact) mass is 203 g/mol. The second-order valence-electron chi connectivity index (χ2n) is 3.46. The number of allylic oxidation sites excluding steroid dienone is 2. The summed E-state index contributed by atoms with van der Waals surface area (Å²) in [5.41, 5.74) is 9.02. The molecule has 0 amide bonds. The molecule has 15 heavy (non-hydrogen) atoms. The highest BCUT2D eigenvalue weighted by Gasteiger charge is 2.09. The predicted molar refractivity (Wildman–Crippen MR) is 66.7 cm³/mol. The van der Waals surface area contributed by atoms with Crippen molar-refractivity contribution in [3.8, 4) is 5.75 Å². The first kappa shape index (κ1) is 11.4. The fourth-order valence-corrected chi connectivity index (χ4v) is 1.54. The highest BCUT2D eigenvalue weighted by Crippen LogP contribution is 2.32. The molecule has 0 aliphatic carbocycles. The van der Waals surface area contributed by atoms with Crippen molar-refractivity contribution in [3.63, 3.8) is 0 Å².